The van der Waals surface area contributed by atoms with Crippen molar-refractivity contribution in [1.82, 2.24) is 19.7 Å². The number of ketones is 1. The average molecular weight is 470 g/mol. The summed E-state index contributed by atoms with van der Waals surface area (Å²) in [5, 5.41) is 24.9. The van der Waals surface area contributed by atoms with E-state index in [-0.39, 0.29) is 12.2 Å². The summed E-state index contributed by atoms with van der Waals surface area (Å²) >= 11 is 0. The molecular weight excluding hydrogens is 438 g/mol. The molecule has 0 amide bonds. The summed E-state index contributed by atoms with van der Waals surface area (Å²) in [4.78, 5) is 22.2. The van der Waals surface area contributed by atoms with Gasteiger partial charge in [0.15, 0.2) is 11.6 Å². The Morgan fingerprint density at radius 1 is 1.11 bits per heavy atom. The smallest absolute Gasteiger partial charge is 0.170 e. The Kier molecular flexibility index (Phi) is 6.02. The van der Waals surface area contributed by atoms with Crippen molar-refractivity contribution in [2.24, 2.45) is 0 Å². The lowest BCUT2D eigenvalue weighted by atomic mass is 9.67. The highest BCUT2D eigenvalue weighted by Crippen LogP contribution is 2.43. The van der Waals surface area contributed by atoms with Gasteiger partial charge < -0.3 is 5.11 Å². The van der Waals surface area contributed by atoms with Gasteiger partial charge in [0.05, 0.1) is 40.2 Å². The molecule has 5 rings (SSSR count). The van der Waals surface area contributed by atoms with Crippen molar-refractivity contribution < 1.29 is 9.90 Å². The van der Waals surface area contributed by atoms with Gasteiger partial charge in [-0.25, -0.2) is 9.67 Å². The first-order valence-corrected chi connectivity index (χ1v) is 12.5. The van der Waals surface area contributed by atoms with E-state index in [0.29, 0.717) is 49.4 Å². The number of rotatable bonds is 7. The van der Waals surface area contributed by atoms with E-state index < -0.39 is 11.0 Å². The number of pyridine rings is 2. The zero-order chi connectivity index (χ0) is 24.6. The first kappa shape index (κ1) is 23.4. The topological polar surface area (TPSA) is 105 Å². The van der Waals surface area contributed by atoms with Crippen LogP contribution < -0.4 is 0 Å². The standard InChI is InChI=1S/C28H31N5O2/c1-3-28(35)12-10-27(18-29,11-13-28)25-8-4-20(15-30-25)14-24(34)23-17-32-33(19(23)2)26-9-7-22(16-31-26)21-5-6-21/h4,7-9,15-17,21,35H,3,5-6,10-14H2,1-2H3. The molecule has 2 aliphatic carbocycles. The molecule has 2 saturated carbocycles. The fraction of sp³-hybridized carbons (Fsp3) is 0.464. The molecule has 0 atom stereocenters. The molecule has 3 aromatic rings. The number of hydrogen-bond acceptors (Lipinski definition) is 6. The molecule has 1 N–H and O–H groups in total. The van der Waals surface area contributed by atoms with E-state index in [4.69, 9.17) is 0 Å². The quantitative estimate of drug-likeness (QED) is 0.501. The molecule has 0 aromatic carbocycles. The van der Waals surface area contributed by atoms with Gasteiger partial charge in [0.2, 0.25) is 0 Å². The summed E-state index contributed by atoms with van der Waals surface area (Å²) < 4.78 is 1.71. The summed E-state index contributed by atoms with van der Waals surface area (Å²) in [6.07, 6.45) is 11.0. The third-order valence-corrected chi connectivity index (χ3v) is 7.93. The Balaban J connectivity index is 1.28. The predicted octanol–water partition coefficient (Wildman–Crippen LogP) is 4.75. The summed E-state index contributed by atoms with van der Waals surface area (Å²) in [5.74, 6) is 1.33. The zero-order valence-electron chi connectivity index (χ0n) is 20.4. The third-order valence-electron chi connectivity index (χ3n) is 7.93. The van der Waals surface area contributed by atoms with Crippen molar-refractivity contribution in [2.45, 2.75) is 82.1 Å². The van der Waals surface area contributed by atoms with Crippen molar-refractivity contribution in [1.29, 1.82) is 5.26 Å². The van der Waals surface area contributed by atoms with E-state index in [1.54, 1.807) is 17.1 Å². The van der Waals surface area contributed by atoms with Crippen LogP contribution in [0.4, 0.5) is 0 Å². The molecule has 3 aromatic heterocycles. The number of Topliss-reactive ketones (excluding diaryl/α,β-unsaturated/α-hetero) is 1. The summed E-state index contributed by atoms with van der Waals surface area (Å²) in [6.45, 7) is 3.87. The van der Waals surface area contributed by atoms with Crippen molar-refractivity contribution in [3.8, 4) is 11.9 Å². The molecule has 7 heteroatoms. The van der Waals surface area contributed by atoms with Gasteiger partial charge in [-0.1, -0.05) is 19.1 Å². The minimum absolute atomic E-state index is 0.0291. The van der Waals surface area contributed by atoms with Crippen LogP contribution in [0, 0.1) is 18.3 Å². The number of nitriles is 1. The lowest BCUT2D eigenvalue weighted by Gasteiger charge is -2.39. The van der Waals surface area contributed by atoms with Crippen LogP contribution in [0.5, 0.6) is 0 Å². The first-order valence-electron chi connectivity index (χ1n) is 12.5. The van der Waals surface area contributed by atoms with Gasteiger partial charge in [-0.2, -0.15) is 10.4 Å². The molecule has 0 bridgehead atoms. The number of aliphatic hydroxyl groups is 1. The first-order chi connectivity index (χ1) is 16.9. The van der Waals surface area contributed by atoms with E-state index in [1.807, 2.05) is 38.2 Å². The van der Waals surface area contributed by atoms with Gasteiger partial charge >= 0.3 is 0 Å². The van der Waals surface area contributed by atoms with Crippen LogP contribution >= 0.6 is 0 Å². The van der Waals surface area contributed by atoms with Gasteiger partial charge in [0, 0.05) is 18.8 Å². The Morgan fingerprint density at radius 3 is 2.46 bits per heavy atom. The summed E-state index contributed by atoms with van der Waals surface area (Å²) in [5.41, 5.74) is 2.76. The highest BCUT2D eigenvalue weighted by Gasteiger charge is 2.43. The van der Waals surface area contributed by atoms with E-state index in [0.717, 1.165) is 17.0 Å². The summed E-state index contributed by atoms with van der Waals surface area (Å²) in [6, 6.07) is 10.3. The number of carbonyl (C=O) groups is 1. The van der Waals surface area contributed by atoms with Crippen LogP contribution in [0.15, 0.2) is 42.9 Å². The highest BCUT2D eigenvalue weighted by atomic mass is 16.3. The normalized spacial score (nSPS) is 24.2. The van der Waals surface area contributed by atoms with Crippen molar-refractivity contribution in [2.75, 3.05) is 0 Å². The minimum Gasteiger partial charge on any atom is -0.390 e. The van der Waals surface area contributed by atoms with Gasteiger partial charge in [-0.15, -0.1) is 0 Å². The van der Waals surface area contributed by atoms with Crippen LogP contribution in [0.2, 0.25) is 0 Å². The Labute approximate surface area is 205 Å². The van der Waals surface area contributed by atoms with Crippen LogP contribution in [-0.4, -0.2) is 36.2 Å². The number of aromatic nitrogens is 4. The average Bonchev–Trinajstić information content (AvgIpc) is 3.67. The minimum atomic E-state index is -0.677. The second kappa shape index (κ2) is 9.01. The van der Waals surface area contributed by atoms with Crippen molar-refractivity contribution >= 4 is 5.78 Å². The van der Waals surface area contributed by atoms with E-state index in [2.05, 4.69) is 27.2 Å². The van der Waals surface area contributed by atoms with Crippen molar-refractivity contribution in [3.05, 3.63) is 70.9 Å². The maximum Gasteiger partial charge on any atom is 0.170 e. The fourth-order valence-corrected chi connectivity index (χ4v) is 5.11. The summed E-state index contributed by atoms with van der Waals surface area (Å²) in [7, 11) is 0. The van der Waals surface area contributed by atoms with Crippen LogP contribution in [0.25, 0.3) is 5.82 Å². The molecule has 0 spiro atoms. The van der Waals surface area contributed by atoms with E-state index >= 15 is 0 Å². The molecule has 0 saturated heterocycles. The number of nitrogens with zero attached hydrogens (tertiary/aromatic N) is 5. The van der Waals surface area contributed by atoms with Crippen LogP contribution in [0.3, 0.4) is 0 Å². The molecular formula is C28H31N5O2. The molecule has 0 unspecified atom stereocenters. The van der Waals surface area contributed by atoms with Gasteiger partial charge in [-0.3, -0.25) is 9.78 Å². The number of hydrogen-bond donors (Lipinski definition) is 1. The zero-order valence-corrected chi connectivity index (χ0v) is 20.4. The second-order valence-electron chi connectivity index (χ2n) is 10.2. The van der Waals surface area contributed by atoms with Crippen molar-refractivity contribution in [3.63, 3.8) is 0 Å². The molecule has 180 valence electrons. The monoisotopic (exact) mass is 469 g/mol. The molecule has 2 aliphatic rings. The molecule has 2 fully saturated rings. The molecule has 35 heavy (non-hydrogen) atoms. The second-order valence-corrected chi connectivity index (χ2v) is 10.2. The van der Waals surface area contributed by atoms with Crippen LogP contribution in [0.1, 0.15) is 90.7 Å². The largest absolute Gasteiger partial charge is 0.390 e. The molecule has 0 aliphatic heterocycles. The van der Waals surface area contributed by atoms with E-state index in [9.17, 15) is 15.2 Å². The number of carbonyl (C=O) groups excluding carboxylic acids is 1. The van der Waals surface area contributed by atoms with Crippen LogP contribution in [-0.2, 0) is 11.8 Å². The molecule has 7 nitrogen and oxygen atoms in total. The predicted molar refractivity (Wildman–Crippen MR) is 131 cm³/mol. The fourth-order valence-electron chi connectivity index (χ4n) is 5.11. The Morgan fingerprint density at radius 2 is 1.89 bits per heavy atom. The maximum absolute atomic E-state index is 13.1. The highest BCUT2D eigenvalue weighted by molar-refractivity contribution is 5.98. The van der Waals surface area contributed by atoms with Gasteiger partial charge in [0.25, 0.3) is 0 Å². The molecule has 3 heterocycles. The van der Waals surface area contributed by atoms with E-state index in [1.165, 1.54) is 18.4 Å². The third kappa shape index (κ3) is 4.51. The lowest BCUT2D eigenvalue weighted by Crippen LogP contribution is -2.40. The SMILES string of the molecule is CCC1(O)CCC(C#N)(c2ccc(CC(=O)c3cnn(-c4ccc(C5CC5)cn4)c3C)cn2)CC1. The van der Waals surface area contributed by atoms with Gasteiger partial charge in [-0.05, 0) is 81.0 Å². The maximum atomic E-state index is 13.1. The molecule has 0 radical (unpaired) electrons. The van der Waals surface area contributed by atoms with Gasteiger partial charge in [0.1, 0.15) is 0 Å². The Hall–Kier alpha value is -3.37. The lowest BCUT2D eigenvalue weighted by molar-refractivity contribution is -0.0125. The Bertz CT molecular complexity index is 1260.